The molecule has 8 nitrogen and oxygen atoms in total. The number of nitrogens with two attached hydrogens (primary N) is 1. The van der Waals surface area contributed by atoms with Crippen LogP contribution in [0.5, 0.6) is 0 Å². The molecule has 2 amide bonds. The number of anilines is 1. The Morgan fingerprint density at radius 2 is 2.00 bits per heavy atom. The van der Waals surface area contributed by atoms with E-state index in [4.69, 9.17) is 5.73 Å². The Balaban J connectivity index is 1.70. The summed E-state index contributed by atoms with van der Waals surface area (Å²) in [4.78, 5) is 33.1. The van der Waals surface area contributed by atoms with Crippen LogP contribution < -0.4 is 10.6 Å². The van der Waals surface area contributed by atoms with Gasteiger partial charge in [-0.15, -0.1) is 0 Å². The molecule has 2 aliphatic rings. The van der Waals surface area contributed by atoms with Gasteiger partial charge in [-0.1, -0.05) is 0 Å². The average molecular weight is 361 g/mol. The predicted molar refractivity (Wildman–Crippen MR) is 98.3 cm³/mol. The van der Waals surface area contributed by atoms with Crippen LogP contribution in [0.25, 0.3) is 0 Å². The molecular formula is C18H27N5O3. The van der Waals surface area contributed by atoms with E-state index < -0.39 is 12.0 Å². The van der Waals surface area contributed by atoms with Gasteiger partial charge in [0.25, 0.3) is 5.91 Å². The van der Waals surface area contributed by atoms with E-state index in [-0.39, 0.29) is 17.7 Å². The quantitative estimate of drug-likeness (QED) is 0.832. The number of piperazine rings is 1. The molecule has 2 unspecified atom stereocenters. The van der Waals surface area contributed by atoms with Crippen molar-refractivity contribution in [2.24, 2.45) is 11.7 Å². The number of primary amides is 1. The van der Waals surface area contributed by atoms with Gasteiger partial charge in [-0.05, 0) is 38.3 Å². The lowest BCUT2D eigenvalue weighted by Crippen LogP contribution is -2.59. The summed E-state index contributed by atoms with van der Waals surface area (Å²) in [5.74, 6) is -0.257. The van der Waals surface area contributed by atoms with Gasteiger partial charge in [0.15, 0.2) is 0 Å². The molecule has 0 radical (unpaired) electrons. The van der Waals surface area contributed by atoms with Crippen LogP contribution in [0.4, 0.5) is 10.5 Å². The molecule has 2 aliphatic heterocycles. The van der Waals surface area contributed by atoms with Crippen LogP contribution in [-0.2, 0) is 0 Å². The van der Waals surface area contributed by atoms with E-state index in [1.807, 2.05) is 6.07 Å². The fraction of sp³-hybridized carbons (Fsp3) is 0.611. The minimum atomic E-state index is -0.829. The fourth-order valence-corrected chi connectivity index (χ4v) is 4.00. The summed E-state index contributed by atoms with van der Waals surface area (Å²) in [6, 6.07) is 3.91. The lowest BCUT2D eigenvalue weighted by Gasteiger charge is -2.44. The van der Waals surface area contributed by atoms with Gasteiger partial charge in [0.1, 0.15) is 5.69 Å². The summed E-state index contributed by atoms with van der Waals surface area (Å²) in [6.45, 7) is 8.08. The molecule has 3 heterocycles. The van der Waals surface area contributed by atoms with Crippen LogP contribution in [0.2, 0.25) is 0 Å². The molecule has 0 spiro atoms. The number of nitrogens with zero attached hydrogens (tertiary/aromatic N) is 4. The molecule has 0 bridgehead atoms. The Hall–Kier alpha value is -2.35. The number of carbonyl (C=O) groups excluding carboxylic acids is 1. The van der Waals surface area contributed by atoms with E-state index in [0.29, 0.717) is 12.6 Å². The van der Waals surface area contributed by atoms with Crippen LogP contribution in [-0.4, -0.2) is 76.7 Å². The summed E-state index contributed by atoms with van der Waals surface area (Å²) in [5.41, 5.74) is 6.43. The van der Waals surface area contributed by atoms with Crippen LogP contribution in [0.15, 0.2) is 18.3 Å². The number of carbonyl (C=O) groups is 2. The maximum atomic E-state index is 11.7. The molecule has 0 aromatic carbocycles. The molecule has 3 N–H and O–H groups in total. The molecule has 1 aromatic heterocycles. The number of carboxylic acid groups (broad SMARTS) is 1. The minimum absolute atomic E-state index is 0.00602. The lowest BCUT2D eigenvalue weighted by molar-refractivity contribution is 0.0347. The third kappa shape index (κ3) is 3.75. The van der Waals surface area contributed by atoms with Gasteiger partial charge in [0, 0.05) is 38.8 Å². The second-order valence-electron chi connectivity index (χ2n) is 7.39. The first-order valence-corrected chi connectivity index (χ1v) is 9.11. The van der Waals surface area contributed by atoms with Crippen molar-refractivity contribution in [3.8, 4) is 0 Å². The SMILES string of the molecule is CC(C)N1CCN(C(=O)O)C(C2CCN(c3ccc(C(N)=O)nc3)C2)C1. The summed E-state index contributed by atoms with van der Waals surface area (Å²) in [7, 11) is 0. The largest absolute Gasteiger partial charge is 0.465 e. The van der Waals surface area contributed by atoms with Crippen molar-refractivity contribution in [3.05, 3.63) is 24.0 Å². The first-order valence-electron chi connectivity index (χ1n) is 9.11. The van der Waals surface area contributed by atoms with Gasteiger partial charge in [-0.2, -0.15) is 0 Å². The van der Waals surface area contributed by atoms with E-state index in [9.17, 15) is 14.7 Å². The normalized spacial score (nSPS) is 24.3. The van der Waals surface area contributed by atoms with Crippen LogP contribution in [0, 0.1) is 5.92 Å². The minimum Gasteiger partial charge on any atom is -0.465 e. The Bertz CT molecular complexity index is 663. The number of pyridine rings is 1. The molecule has 0 saturated carbocycles. The van der Waals surface area contributed by atoms with E-state index >= 15 is 0 Å². The standard InChI is InChI=1S/C18H27N5O3/c1-12(2)21-7-8-23(18(25)26)16(11-21)13-5-6-22(10-13)14-3-4-15(17(19)24)20-9-14/h3-4,9,12-13,16H,5-8,10-11H2,1-2H3,(H2,19,24)(H,25,26). The molecule has 142 valence electrons. The monoisotopic (exact) mass is 361 g/mol. The molecule has 2 fully saturated rings. The number of rotatable bonds is 4. The van der Waals surface area contributed by atoms with Crippen molar-refractivity contribution in [3.63, 3.8) is 0 Å². The summed E-state index contributed by atoms with van der Waals surface area (Å²) < 4.78 is 0. The highest BCUT2D eigenvalue weighted by molar-refractivity contribution is 5.90. The lowest BCUT2D eigenvalue weighted by atomic mass is 9.94. The molecule has 2 saturated heterocycles. The Morgan fingerprint density at radius 1 is 1.23 bits per heavy atom. The first kappa shape index (κ1) is 18.4. The third-order valence-corrected chi connectivity index (χ3v) is 5.56. The van der Waals surface area contributed by atoms with Gasteiger partial charge in [0.2, 0.25) is 0 Å². The number of hydrogen-bond donors (Lipinski definition) is 2. The van der Waals surface area contributed by atoms with Crippen molar-refractivity contribution in [2.45, 2.75) is 32.4 Å². The zero-order valence-electron chi connectivity index (χ0n) is 15.3. The maximum absolute atomic E-state index is 11.7. The van der Waals surface area contributed by atoms with Crippen molar-refractivity contribution in [1.29, 1.82) is 0 Å². The highest BCUT2D eigenvalue weighted by Crippen LogP contribution is 2.30. The summed E-state index contributed by atoms with van der Waals surface area (Å²) in [6.07, 6.45) is 1.78. The van der Waals surface area contributed by atoms with E-state index in [1.54, 1.807) is 17.2 Å². The maximum Gasteiger partial charge on any atom is 0.407 e. The second-order valence-corrected chi connectivity index (χ2v) is 7.39. The Morgan fingerprint density at radius 3 is 2.58 bits per heavy atom. The van der Waals surface area contributed by atoms with Gasteiger partial charge in [-0.25, -0.2) is 9.78 Å². The van der Waals surface area contributed by atoms with Gasteiger partial charge < -0.3 is 20.6 Å². The smallest absolute Gasteiger partial charge is 0.407 e. The van der Waals surface area contributed by atoms with Crippen molar-refractivity contribution < 1.29 is 14.7 Å². The average Bonchev–Trinajstić information content (AvgIpc) is 3.11. The number of amides is 2. The Kier molecular flexibility index (Phi) is 5.31. The second kappa shape index (κ2) is 7.49. The van der Waals surface area contributed by atoms with Gasteiger partial charge in [0.05, 0.1) is 17.9 Å². The molecule has 0 aliphatic carbocycles. The molecule has 1 aromatic rings. The molecule has 3 rings (SSSR count). The van der Waals surface area contributed by atoms with Crippen molar-refractivity contribution in [1.82, 2.24) is 14.8 Å². The van der Waals surface area contributed by atoms with E-state index in [0.717, 1.165) is 38.3 Å². The molecule has 2 atom stereocenters. The fourth-order valence-electron chi connectivity index (χ4n) is 4.00. The topological polar surface area (TPSA) is 103 Å². The van der Waals surface area contributed by atoms with Gasteiger partial charge >= 0.3 is 6.09 Å². The summed E-state index contributed by atoms with van der Waals surface area (Å²) in [5, 5.41) is 9.60. The zero-order valence-corrected chi connectivity index (χ0v) is 15.3. The van der Waals surface area contributed by atoms with Crippen LogP contribution in [0.1, 0.15) is 30.8 Å². The highest BCUT2D eigenvalue weighted by atomic mass is 16.4. The molecular weight excluding hydrogens is 334 g/mol. The molecule has 26 heavy (non-hydrogen) atoms. The first-order chi connectivity index (χ1) is 12.4. The zero-order chi connectivity index (χ0) is 18.8. The van der Waals surface area contributed by atoms with Crippen molar-refractivity contribution in [2.75, 3.05) is 37.6 Å². The summed E-state index contributed by atoms with van der Waals surface area (Å²) >= 11 is 0. The van der Waals surface area contributed by atoms with Crippen molar-refractivity contribution >= 4 is 17.7 Å². The predicted octanol–water partition coefficient (Wildman–Crippen LogP) is 1.08. The molecule has 8 heteroatoms. The number of hydrogen-bond acceptors (Lipinski definition) is 5. The van der Waals surface area contributed by atoms with Crippen LogP contribution >= 0.6 is 0 Å². The third-order valence-electron chi connectivity index (χ3n) is 5.56. The van der Waals surface area contributed by atoms with Crippen LogP contribution in [0.3, 0.4) is 0 Å². The van der Waals surface area contributed by atoms with E-state index in [2.05, 4.69) is 28.6 Å². The number of aromatic nitrogens is 1. The van der Waals surface area contributed by atoms with E-state index in [1.165, 1.54) is 0 Å². The Labute approximate surface area is 153 Å². The van der Waals surface area contributed by atoms with Gasteiger partial charge in [-0.3, -0.25) is 9.69 Å². The highest BCUT2D eigenvalue weighted by Gasteiger charge is 2.39.